The van der Waals surface area contributed by atoms with Gasteiger partial charge in [0.1, 0.15) is 0 Å². The fourth-order valence-electron chi connectivity index (χ4n) is 1.78. The zero-order valence-electron chi connectivity index (χ0n) is 12.0. The van der Waals surface area contributed by atoms with Crippen molar-refractivity contribution in [3.63, 3.8) is 0 Å². The summed E-state index contributed by atoms with van der Waals surface area (Å²) in [6.07, 6.45) is 0.378. The maximum atomic E-state index is 10.9. The van der Waals surface area contributed by atoms with Gasteiger partial charge in [0.15, 0.2) is 5.75 Å². The van der Waals surface area contributed by atoms with Crippen molar-refractivity contribution in [2.24, 2.45) is 0 Å². The van der Waals surface area contributed by atoms with Gasteiger partial charge in [0.2, 0.25) is 0 Å². The predicted octanol–water partition coefficient (Wildman–Crippen LogP) is 3.32. The average molecular weight is 312 g/mol. The predicted molar refractivity (Wildman–Crippen MR) is 83.2 cm³/mol. The highest BCUT2D eigenvalue weighted by atomic mass is 16.6. The van der Waals surface area contributed by atoms with Crippen molar-refractivity contribution in [1.29, 1.82) is 0 Å². The second-order valence-corrected chi connectivity index (χ2v) is 4.43. The lowest BCUT2D eigenvalue weighted by Crippen LogP contribution is -2.01. The molecule has 7 heteroatoms. The van der Waals surface area contributed by atoms with E-state index in [1.165, 1.54) is 6.07 Å². The Morgan fingerprint density at radius 1 is 1.00 bits per heavy atom. The lowest BCUT2D eigenvalue weighted by molar-refractivity contribution is -0.394. The fraction of sp³-hybridized carbons (Fsp3) is 0.125. The van der Waals surface area contributed by atoms with Crippen LogP contribution in [0, 0.1) is 32.1 Å². The smallest absolute Gasteiger partial charge is 0.317 e. The summed E-state index contributed by atoms with van der Waals surface area (Å²) in [5.41, 5.74) is 0.0805. The molecule has 2 aromatic carbocycles. The number of nitro benzene ring substituents is 2. The van der Waals surface area contributed by atoms with Crippen molar-refractivity contribution in [3.05, 3.63) is 74.3 Å². The topological polar surface area (TPSA) is 95.5 Å². The van der Waals surface area contributed by atoms with Crippen molar-refractivity contribution in [1.82, 2.24) is 0 Å². The van der Waals surface area contributed by atoms with Gasteiger partial charge in [0.25, 0.3) is 5.69 Å². The molecule has 0 saturated heterocycles. The average Bonchev–Trinajstić information content (AvgIpc) is 2.55. The molecule has 7 nitrogen and oxygen atoms in total. The van der Waals surface area contributed by atoms with Gasteiger partial charge in [0, 0.05) is 18.1 Å². The molecule has 0 aliphatic carbocycles. The molecule has 2 aromatic rings. The third-order valence-electron chi connectivity index (χ3n) is 2.84. The van der Waals surface area contributed by atoms with E-state index in [9.17, 15) is 20.2 Å². The van der Waals surface area contributed by atoms with E-state index in [4.69, 9.17) is 4.74 Å². The Hall–Kier alpha value is -3.40. The third kappa shape index (κ3) is 4.54. The van der Waals surface area contributed by atoms with E-state index in [1.807, 2.05) is 30.3 Å². The summed E-state index contributed by atoms with van der Waals surface area (Å²) in [5, 5.41) is 21.6. The largest absolute Gasteiger partial charge is 0.486 e. The van der Waals surface area contributed by atoms with Crippen molar-refractivity contribution < 1.29 is 14.6 Å². The van der Waals surface area contributed by atoms with Gasteiger partial charge in [-0.25, -0.2) is 0 Å². The minimum atomic E-state index is -0.710. The lowest BCUT2D eigenvalue weighted by Gasteiger charge is -2.04. The number of hydrogen-bond donors (Lipinski definition) is 0. The summed E-state index contributed by atoms with van der Waals surface area (Å²) in [7, 11) is 0. The van der Waals surface area contributed by atoms with Gasteiger partial charge < -0.3 is 4.74 Å². The Morgan fingerprint density at radius 3 is 2.39 bits per heavy atom. The Balaban J connectivity index is 1.99. The molecule has 0 atom stereocenters. The Kier molecular flexibility index (Phi) is 5.25. The monoisotopic (exact) mass is 312 g/mol. The van der Waals surface area contributed by atoms with Gasteiger partial charge in [-0.15, -0.1) is 0 Å². The van der Waals surface area contributed by atoms with Crippen LogP contribution in [0.5, 0.6) is 5.75 Å². The first-order chi connectivity index (χ1) is 11.1. The van der Waals surface area contributed by atoms with Crippen LogP contribution in [-0.2, 0) is 0 Å². The minimum absolute atomic E-state index is 0.0119. The van der Waals surface area contributed by atoms with Crippen LogP contribution >= 0.6 is 0 Å². The van der Waals surface area contributed by atoms with Crippen LogP contribution in [0.25, 0.3) is 0 Å². The standard InChI is InChI=1S/C16H12N2O5/c19-17(20)14-9-10-16(15(12-14)18(21)22)23-11-5-4-8-13-6-2-1-3-7-13/h1-3,6-7,9-10,12H,5,11H2. The fourth-order valence-corrected chi connectivity index (χ4v) is 1.78. The minimum Gasteiger partial charge on any atom is -0.486 e. The molecule has 0 aliphatic heterocycles. The second kappa shape index (κ2) is 7.56. The molecule has 0 heterocycles. The quantitative estimate of drug-likeness (QED) is 0.365. The van der Waals surface area contributed by atoms with E-state index in [1.54, 1.807) is 0 Å². The first-order valence-corrected chi connectivity index (χ1v) is 6.67. The molecule has 0 aliphatic rings. The van der Waals surface area contributed by atoms with Crippen LogP contribution in [0.4, 0.5) is 11.4 Å². The van der Waals surface area contributed by atoms with Crippen LogP contribution in [0.2, 0.25) is 0 Å². The number of hydrogen-bond acceptors (Lipinski definition) is 5. The molecule has 0 spiro atoms. The number of ether oxygens (including phenoxy) is 1. The van der Waals surface area contributed by atoms with E-state index < -0.39 is 15.5 Å². The first kappa shape index (κ1) is 16.0. The van der Waals surface area contributed by atoms with Crippen molar-refractivity contribution in [2.45, 2.75) is 6.42 Å². The summed E-state index contributed by atoms with van der Waals surface area (Å²) in [4.78, 5) is 20.2. The van der Waals surface area contributed by atoms with Crippen LogP contribution in [0.1, 0.15) is 12.0 Å². The molecule has 0 unspecified atom stereocenters. The summed E-state index contributed by atoms with van der Waals surface area (Å²) >= 11 is 0. The zero-order valence-corrected chi connectivity index (χ0v) is 12.0. The summed E-state index contributed by atoms with van der Waals surface area (Å²) < 4.78 is 5.30. The second-order valence-electron chi connectivity index (χ2n) is 4.43. The van der Waals surface area contributed by atoms with Crippen LogP contribution < -0.4 is 4.74 Å². The zero-order chi connectivity index (χ0) is 16.7. The normalized spacial score (nSPS) is 9.57. The van der Waals surface area contributed by atoms with Gasteiger partial charge in [-0.1, -0.05) is 30.0 Å². The molecule has 0 fully saturated rings. The number of non-ortho nitro benzene ring substituents is 1. The Labute approximate surface area is 131 Å². The molecule has 0 saturated carbocycles. The number of benzene rings is 2. The molecule has 0 N–H and O–H groups in total. The highest BCUT2D eigenvalue weighted by Crippen LogP contribution is 2.30. The molecule has 116 valence electrons. The number of rotatable bonds is 5. The lowest BCUT2D eigenvalue weighted by atomic mass is 10.2. The molecule has 2 rings (SSSR count). The maximum Gasteiger partial charge on any atom is 0.317 e. The number of nitrogens with zero attached hydrogens (tertiary/aromatic N) is 2. The van der Waals surface area contributed by atoms with Gasteiger partial charge in [-0.05, 0) is 18.2 Å². The molecule has 0 radical (unpaired) electrons. The Morgan fingerprint density at radius 2 is 1.74 bits per heavy atom. The van der Waals surface area contributed by atoms with E-state index in [2.05, 4.69) is 11.8 Å². The number of nitro groups is 2. The van der Waals surface area contributed by atoms with Crippen molar-refractivity contribution in [2.75, 3.05) is 6.61 Å². The third-order valence-corrected chi connectivity index (χ3v) is 2.84. The highest BCUT2D eigenvalue weighted by Gasteiger charge is 2.20. The summed E-state index contributed by atoms with van der Waals surface area (Å²) in [6.45, 7) is 0.151. The van der Waals surface area contributed by atoms with E-state index in [-0.39, 0.29) is 18.0 Å². The van der Waals surface area contributed by atoms with E-state index >= 15 is 0 Å². The highest BCUT2D eigenvalue weighted by molar-refractivity contribution is 5.53. The molecule has 0 bridgehead atoms. The van der Waals surface area contributed by atoms with Crippen LogP contribution in [0.15, 0.2) is 48.5 Å². The van der Waals surface area contributed by atoms with Gasteiger partial charge in [-0.3, -0.25) is 20.2 Å². The van der Waals surface area contributed by atoms with Crippen molar-refractivity contribution >= 4 is 11.4 Å². The molecule has 0 aromatic heterocycles. The van der Waals surface area contributed by atoms with Gasteiger partial charge in [-0.2, -0.15) is 0 Å². The summed E-state index contributed by atoms with van der Waals surface area (Å²) in [5.74, 6) is 5.82. The molecule has 23 heavy (non-hydrogen) atoms. The SMILES string of the molecule is O=[N+]([O-])c1ccc(OCCC#Cc2ccccc2)c([N+](=O)[O-])c1. The maximum absolute atomic E-state index is 10.9. The van der Waals surface area contributed by atoms with Gasteiger partial charge >= 0.3 is 5.69 Å². The van der Waals surface area contributed by atoms with Crippen molar-refractivity contribution in [3.8, 4) is 17.6 Å². The Bertz CT molecular complexity index is 778. The first-order valence-electron chi connectivity index (χ1n) is 6.67. The summed E-state index contributed by atoms with van der Waals surface area (Å²) in [6, 6.07) is 12.7. The van der Waals surface area contributed by atoms with Crippen LogP contribution in [0.3, 0.4) is 0 Å². The van der Waals surface area contributed by atoms with E-state index in [0.717, 1.165) is 17.7 Å². The molecular formula is C16H12N2O5. The molecule has 0 amide bonds. The van der Waals surface area contributed by atoms with E-state index in [0.29, 0.717) is 6.42 Å². The van der Waals surface area contributed by atoms with Gasteiger partial charge in [0.05, 0.1) is 22.5 Å². The molecular weight excluding hydrogens is 300 g/mol. The van der Waals surface area contributed by atoms with Crippen LogP contribution in [-0.4, -0.2) is 16.5 Å².